The zero-order valence-electron chi connectivity index (χ0n) is 46.0. The Hall–Kier alpha value is -10.7. The Labute approximate surface area is 492 Å². The summed E-state index contributed by atoms with van der Waals surface area (Å²) in [7, 11) is 0. The van der Waals surface area contributed by atoms with E-state index in [1.54, 1.807) is 0 Å². The van der Waals surface area contributed by atoms with Gasteiger partial charge in [0.2, 0.25) is 0 Å². The van der Waals surface area contributed by atoms with Crippen LogP contribution in [0.5, 0.6) is 0 Å². The molecule has 0 amide bonds. The maximum atomic E-state index is 2.76. The van der Waals surface area contributed by atoms with Crippen LogP contribution in [0.4, 0.5) is 34.1 Å². The van der Waals surface area contributed by atoms with Gasteiger partial charge >= 0.3 is 0 Å². The Kier molecular flexibility index (Phi) is 8.48. The number of para-hydroxylation sites is 4. The van der Waals surface area contributed by atoms with Gasteiger partial charge in [0.15, 0.2) is 0 Å². The first-order valence-corrected chi connectivity index (χ1v) is 29.9. The minimum atomic E-state index is -0.0918. The summed E-state index contributed by atoms with van der Waals surface area (Å²) in [5.41, 5.74) is 37.2. The van der Waals surface area contributed by atoms with Crippen molar-refractivity contribution >= 4 is 147 Å². The van der Waals surface area contributed by atoms with E-state index in [-0.39, 0.29) is 20.1 Å². The third kappa shape index (κ3) is 5.53. The zero-order chi connectivity index (χ0) is 54.9. The molecule has 8 heterocycles. The molecule has 2 aromatic heterocycles. The second kappa shape index (κ2) is 16.1. The van der Waals surface area contributed by atoms with Gasteiger partial charge in [0.1, 0.15) is 0 Å². The molecule has 0 spiro atoms. The van der Waals surface area contributed by atoms with Crippen molar-refractivity contribution in [2.24, 2.45) is 0 Å². The van der Waals surface area contributed by atoms with Crippen molar-refractivity contribution in [1.29, 1.82) is 0 Å². The molecule has 0 N–H and O–H groups in total. The fraction of sp³-hybridized carbons (Fsp3) is 0. The minimum absolute atomic E-state index is 0.0390. The van der Waals surface area contributed by atoms with Gasteiger partial charge in [0.25, 0.3) is 20.1 Å². The summed E-state index contributed by atoms with van der Waals surface area (Å²) in [6.45, 7) is -0.223. The summed E-state index contributed by atoms with van der Waals surface area (Å²) in [5.74, 6) is 0. The van der Waals surface area contributed by atoms with Gasteiger partial charge in [-0.05, 0) is 143 Å². The molecule has 85 heavy (non-hydrogen) atoms. The van der Waals surface area contributed by atoms with Gasteiger partial charge in [0, 0.05) is 66.8 Å². The molecule has 0 saturated carbocycles. The van der Waals surface area contributed by atoms with Gasteiger partial charge in [-0.15, -0.1) is 0 Å². The monoisotopic (exact) mass is 1070 g/mol. The largest absolute Gasteiger partial charge is 0.312 e. The SMILES string of the molecule is c1ccc(-c2ccc3c(c2)c2cc(-c4ccccc4)c4c5c2n3-c2ccccc2B5c2cc3c5c6c2N4c2ccccc2B6c2ccccc2N5c2c(-c4ccccc4)cc4c5cc(-c6ccccc6)ccc5n5c4c2B3c2ccccc2-5)cc1. The smallest absolute Gasteiger partial charge is 0.252 e. The quantitative estimate of drug-likeness (QED) is 0.163. The third-order valence-corrected chi connectivity index (χ3v) is 20.2. The highest BCUT2D eigenvalue weighted by Crippen LogP contribution is 2.53. The summed E-state index contributed by atoms with van der Waals surface area (Å²) in [4.78, 5) is 5.52. The number of fused-ring (bicyclic) bond motifs is 22. The molecule has 7 heteroatoms. The number of nitrogens with zero attached hydrogens (tertiary/aromatic N) is 4. The zero-order valence-corrected chi connectivity index (χ0v) is 46.0. The summed E-state index contributed by atoms with van der Waals surface area (Å²) >= 11 is 0. The number of hydrogen-bond acceptors (Lipinski definition) is 2. The summed E-state index contributed by atoms with van der Waals surface area (Å²) < 4.78 is 5.25. The lowest BCUT2D eigenvalue weighted by Gasteiger charge is -2.52. The first-order valence-electron chi connectivity index (χ1n) is 29.9. The van der Waals surface area contributed by atoms with Crippen LogP contribution in [-0.2, 0) is 0 Å². The predicted octanol–water partition coefficient (Wildman–Crippen LogP) is 12.9. The molecular weight excluding hydrogens is 1030 g/mol. The normalized spacial score (nSPS) is 13.8. The maximum Gasteiger partial charge on any atom is 0.252 e. The molecular formula is C78H45B3N4. The molecule has 0 radical (unpaired) electrons. The number of anilines is 6. The van der Waals surface area contributed by atoms with Crippen molar-refractivity contribution < 1.29 is 0 Å². The van der Waals surface area contributed by atoms with Gasteiger partial charge < -0.3 is 18.9 Å². The number of hydrogen-bond donors (Lipinski definition) is 0. The van der Waals surface area contributed by atoms with E-state index >= 15 is 0 Å². The Balaban J connectivity index is 0.953. The van der Waals surface area contributed by atoms with Crippen molar-refractivity contribution in [2.75, 3.05) is 9.80 Å². The van der Waals surface area contributed by atoms with E-state index in [4.69, 9.17) is 0 Å². The molecule has 0 atom stereocenters. The van der Waals surface area contributed by atoms with E-state index in [2.05, 4.69) is 292 Å². The van der Waals surface area contributed by atoms with Crippen LogP contribution in [0, 0.1) is 0 Å². The molecule has 0 bridgehead atoms. The van der Waals surface area contributed by atoms with E-state index in [9.17, 15) is 0 Å². The van der Waals surface area contributed by atoms with Crippen molar-refractivity contribution in [3.8, 4) is 55.9 Å². The van der Waals surface area contributed by atoms with E-state index in [0.717, 1.165) is 0 Å². The van der Waals surface area contributed by atoms with E-state index < -0.39 is 0 Å². The molecule has 0 fully saturated rings. The lowest BCUT2D eigenvalue weighted by atomic mass is 9.26. The van der Waals surface area contributed by atoms with Gasteiger partial charge in [-0.25, -0.2) is 0 Å². The fourth-order valence-corrected chi connectivity index (χ4v) is 17.0. The van der Waals surface area contributed by atoms with Crippen LogP contribution < -0.4 is 59.0 Å². The predicted molar refractivity (Wildman–Crippen MR) is 360 cm³/mol. The lowest BCUT2D eigenvalue weighted by Crippen LogP contribution is -2.72. The molecule has 13 aromatic carbocycles. The van der Waals surface area contributed by atoms with Gasteiger partial charge in [0.05, 0.1) is 33.4 Å². The highest BCUT2D eigenvalue weighted by molar-refractivity contribution is 7.08. The summed E-state index contributed by atoms with van der Waals surface area (Å²) in [5, 5.41) is 5.10. The van der Waals surface area contributed by atoms with Crippen LogP contribution in [0.25, 0.3) is 99.5 Å². The summed E-state index contributed by atoms with van der Waals surface area (Å²) in [6, 6.07) is 104. The van der Waals surface area contributed by atoms with Crippen LogP contribution in [0.15, 0.2) is 273 Å². The van der Waals surface area contributed by atoms with E-state index in [1.807, 2.05) is 0 Å². The standard InChI is InChI=1S/C78H45B3N4/c1-5-21-46(22-6-1)50-37-39-64-54(41-50)56-43-52(48-25-9-3-10-26-48)73-70-75(56)82(64)66-33-17-13-29-58(66)80(70)62-45-63-78-72-77(62)84(73)68-35-19-15-31-60(68)79(72)61-32-16-20-36-69(61)85(78)74-53(49-27-11-4-12-28-49)44-57-55-42-51(47-23-7-2-8-24-47)38-40-65(55)83-67-34-18-14-30-59(67)81(63)71(74)76(57)83/h1-45H. The summed E-state index contributed by atoms with van der Waals surface area (Å²) in [6.07, 6.45) is 0. The maximum absolute atomic E-state index is 2.76. The van der Waals surface area contributed by atoms with Crippen molar-refractivity contribution in [2.45, 2.75) is 0 Å². The van der Waals surface area contributed by atoms with Gasteiger partial charge in [-0.3, -0.25) is 0 Å². The lowest BCUT2D eigenvalue weighted by molar-refractivity contribution is 1.18. The fourth-order valence-electron chi connectivity index (χ4n) is 17.0. The average Bonchev–Trinajstić information content (AvgIpc) is 1.66. The number of benzene rings is 13. The Morgan fingerprint density at radius 1 is 0.224 bits per heavy atom. The molecule has 0 aliphatic carbocycles. The minimum Gasteiger partial charge on any atom is -0.312 e. The molecule has 4 nitrogen and oxygen atoms in total. The molecule has 6 aliphatic heterocycles. The second-order valence-electron chi connectivity index (χ2n) is 24.1. The molecule has 386 valence electrons. The van der Waals surface area contributed by atoms with Gasteiger partial charge in [-0.2, -0.15) is 0 Å². The molecule has 21 rings (SSSR count). The Bertz CT molecular complexity index is 5180. The second-order valence-corrected chi connectivity index (χ2v) is 24.1. The van der Waals surface area contributed by atoms with Crippen LogP contribution in [-0.4, -0.2) is 29.3 Å². The van der Waals surface area contributed by atoms with Crippen molar-refractivity contribution in [1.82, 2.24) is 9.13 Å². The van der Waals surface area contributed by atoms with Crippen LogP contribution in [0.1, 0.15) is 0 Å². The Morgan fingerprint density at radius 3 is 0.976 bits per heavy atom. The van der Waals surface area contributed by atoms with E-state index in [0.29, 0.717) is 0 Å². The van der Waals surface area contributed by atoms with Crippen molar-refractivity contribution in [3.05, 3.63) is 273 Å². The highest BCUT2D eigenvalue weighted by atomic mass is 15.2. The topological polar surface area (TPSA) is 16.3 Å². The van der Waals surface area contributed by atoms with Crippen LogP contribution in [0.2, 0.25) is 0 Å². The number of aromatic nitrogens is 2. The highest BCUT2D eigenvalue weighted by Gasteiger charge is 2.55. The first kappa shape index (κ1) is 44.9. The first-order chi connectivity index (χ1) is 42.2. The van der Waals surface area contributed by atoms with Crippen molar-refractivity contribution in [3.63, 3.8) is 0 Å². The molecule has 15 aromatic rings. The average molecular weight is 1070 g/mol. The molecule has 0 saturated heterocycles. The third-order valence-electron chi connectivity index (χ3n) is 20.2. The molecule has 6 aliphatic rings. The molecule has 0 unspecified atom stereocenters. The van der Waals surface area contributed by atoms with Gasteiger partial charge in [-0.1, -0.05) is 212 Å². The Morgan fingerprint density at radius 2 is 0.565 bits per heavy atom. The van der Waals surface area contributed by atoms with Crippen LogP contribution in [0.3, 0.4) is 0 Å². The van der Waals surface area contributed by atoms with E-state index in [1.165, 1.54) is 183 Å². The van der Waals surface area contributed by atoms with Crippen LogP contribution >= 0.6 is 0 Å². The number of rotatable bonds is 4.